The first-order valence-corrected chi connectivity index (χ1v) is 7.36. The first kappa shape index (κ1) is 15.6. The molecule has 1 heterocycles. The molecule has 0 radical (unpaired) electrons. The summed E-state index contributed by atoms with van der Waals surface area (Å²) < 4.78 is 5.31. The van der Waals surface area contributed by atoms with Crippen molar-refractivity contribution in [3.63, 3.8) is 0 Å². The van der Waals surface area contributed by atoms with Gasteiger partial charge in [-0.2, -0.15) is 0 Å². The third-order valence-corrected chi connectivity index (χ3v) is 3.47. The molecule has 116 valence electrons. The van der Waals surface area contributed by atoms with E-state index in [2.05, 4.69) is 15.2 Å². The lowest BCUT2D eigenvalue weighted by atomic mass is 10.2. The van der Waals surface area contributed by atoms with Gasteiger partial charge in [0.2, 0.25) is 0 Å². The molecular weight excluding hydrogens is 268 g/mol. The van der Waals surface area contributed by atoms with E-state index in [1.807, 2.05) is 12.1 Å². The van der Waals surface area contributed by atoms with Crippen molar-refractivity contribution in [1.82, 2.24) is 10.2 Å². The number of benzene rings is 1. The Hall–Kier alpha value is -1.79. The van der Waals surface area contributed by atoms with E-state index < -0.39 is 0 Å². The minimum absolute atomic E-state index is 0.251. The molecule has 0 aliphatic carbocycles. The predicted molar refractivity (Wildman–Crippen MR) is 83.3 cm³/mol. The number of nitrogens with two attached hydrogens (primary N) is 1. The van der Waals surface area contributed by atoms with Crippen molar-refractivity contribution in [1.29, 1.82) is 0 Å². The molecular formula is C15H24N4O2. The molecule has 0 unspecified atom stereocenters. The average molecular weight is 292 g/mol. The van der Waals surface area contributed by atoms with Crippen LogP contribution in [0.1, 0.15) is 12.0 Å². The van der Waals surface area contributed by atoms with Crippen molar-refractivity contribution < 1.29 is 9.84 Å². The van der Waals surface area contributed by atoms with Crippen molar-refractivity contribution in [2.45, 2.75) is 13.0 Å². The largest absolute Gasteiger partial charge is 0.508 e. The van der Waals surface area contributed by atoms with Gasteiger partial charge in [0.25, 0.3) is 0 Å². The number of para-hydroxylation sites is 1. The SMILES string of the molecule is NC(=NCc1ccccc1O)NCCCN1CCOCC1. The zero-order valence-electron chi connectivity index (χ0n) is 12.3. The predicted octanol–water partition coefficient (Wildman–Crippen LogP) is 0.519. The minimum Gasteiger partial charge on any atom is -0.508 e. The quantitative estimate of drug-likeness (QED) is 0.404. The van der Waals surface area contributed by atoms with Crippen LogP contribution in [0.15, 0.2) is 29.3 Å². The number of morpholine rings is 1. The van der Waals surface area contributed by atoms with Gasteiger partial charge < -0.3 is 20.9 Å². The van der Waals surface area contributed by atoms with Crippen molar-refractivity contribution >= 4 is 5.96 Å². The maximum absolute atomic E-state index is 9.64. The van der Waals surface area contributed by atoms with Gasteiger partial charge in [-0.25, -0.2) is 4.99 Å². The highest BCUT2D eigenvalue weighted by atomic mass is 16.5. The summed E-state index contributed by atoms with van der Waals surface area (Å²) in [6.45, 7) is 5.91. The van der Waals surface area contributed by atoms with Gasteiger partial charge in [-0.05, 0) is 19.0 Å². The number of nitrogens with one attached hydrogen (secondary N) is 1. The van der Waals surface area contributed by atoms with Crippen molar-refractivity contribution in [3.8, 4) is 5.75 Å². The van der Waals surface area contributed by atoms with E-state index in [1.54, 1.807) is 12.1 Å². The van der Waals surface area contributed by atoms with E-state index in [4.69, 9.17) is 10.5 Å². The number of hydrogen-bond acceptors (Lipinski definition) is 4. The van der Waals surface area contributed by atoms with Gasteiger partial charge >= 0.3 is 0 Å². The number of ether oxygens (including phenoxy) is 1. The third kappa shape index (κ3) is 5.61. The summed E-state index contributed by atoms with van der Waals surface area (Å²) >= 11 is 0. The van der Waals surface area contributed by atoms with Crippen molar-refractivity contribution in [3.05, 3.63) is 29.8 Å². The molecule has 0 atom stereocenters. The zero-order valence-corrected chi connectivity index (χ0v) is 12.3. The van der Waals surface area contributed by atoms with E-state index in [1.165, 1.54) is 0 Å². The molecule has 6 nitrogen and oxygen atoms in total. The highest BCUT2D eigenvalue weighted by Crippen LogP contribution is 2.15. The van der Waals surface area contributed by atoms with Crippen LogP contribution in [-0.2, 0) is 11.3 Å². The summed E-state index contributed by atoms with van der Waals surface area (Å²) in [7, 11) is 0. The number of nitrogens with zero attached hydrogens (tertiary/aromatic N) is 2. The second-order valence-electron chi connectivity index (χ2n) is 5.06. The summed E-state index contributed by atoms with van der Waals surface area (Å²) in [6, 6.07) is 7.15. The maximum Gasteiger partial charge on any atom is 0.188 e. The van der Waals surface area contributed by atoms with Crippen LogP contribution in [0, 0.1) is 0 Å². The van der Waals surface area contributed by atoms with E-state index in [0.29, 0.717) is 12.5 Å². The Kier molecular flexibility index (Phi) is 6.30. The minimum atomic E-state index is 0.251. The third-order valence-electron chi connectivity index (χ3n) is 3.47. The van der Waals surface area contributed by atoms with Crippen LogP contribution >= 0.6 is 0 Å². The lowest BCUT2D eigenvalue weighted by Crippen LogP contribution is -2.39. The molecule has 2 rings (SSSR count). The smallest absolute Gasteiger partial charge is 0.188 e. The number of aliphatic imine (C=N–C) groups is 1. The van der Waals surface area contributed by atoms with Gasteiger partial charge in [0, 0.05) is 25.2 Å². The molecule has 1 fully saturated rings. The van der Waals surface area contributed by atoms with Gasteiger partial charge in [0.05, 0.1) is 19.8 Å². The molecule has 0 bridgehead atoms. The van der Waals surface area contributed by atoms with Gasteiger partial charge in [0.15, 0.2) is 5.96 Å². The van der Waals surface area contributed by atoms with Crippen LogP contribution in [0.4, 0.5) is 0 Å². The van der Waals surface area contributed by atoms with Crippen LogP contribution < -0.4 is 11.1 Å². The molecule has 1 aromatic carbocycles. The topological polar surface area (TPSA) is 83.1 Å². The lowest BCUT2D eigenvalue weighted by molar-refractivity contribution is 0.0376. The van der Waals surface area contributed by atoms with Gasteiger partial charge in [-0.1, -0.05) is 18.2 Å². The molecule has 21 heavy (non-hydrogen) atoms. The Morgan fingerprint density at radius 1 is 1.33 bits per heavy atom. The lowest BCUT2D eigenvalue weighted by Gasteiger charge is -2.26. The standard InChI is InChI=1S/C15H24N4O2/c16-15(18-12-13-4-1-2-5-14(13)20)17-6-3-7-19-8-10-21-11-9-19/h1-2,4-5,20H,3,6-12H2,(H3,16,17,18). The second kappa shape index (κ2) is 8.49. The van der Waals surface area contributed by atoms with E-state index in [-0.39, 0.29) is 5.75 Å². The summed E-state index contributed by atoms with van der Waals surface area (Å²) in [4.78, 5) is 6.62. The van der Waals surface area contributed by atoms with E-state index in [0.717, 1.165) is 51.4 Å². The second-order valence-corrected chi connectivity index (χ2v) is 5.06. The molecule has 0 spiro atoms. The molecule has 0 amide bonds. The van der Waals surface area contributed by atoms with Crippen LogP contribution in [-0.4, -0.2) is 55.4 Å². The maximum atomic E-state index is 9.64. The van der Waals surface area contributed by atoms with Crippen LogP contribution in [0.5, 0.6) is 5.75 Å². The molecule has 0 aromatic heterocycles. The first-order chi connectivity index (χ1) is 10.3. The number of rotatable bonds is 6. The Morgan fingerprint density at radius 2 is 2.10 bits per heavy atom. The molecule has 0 saturated carbocycles. The highest BCUT2D eigenvalue weighted by molar-refractivity contribution is 5.77. The zero-order chi connectivity index (χ0) is 14.9. The normalized spacial score (nSPS) is 16.9. The van der Waals surface area contributed by atoms with Gasteiger partial charge in [-0.15, -0.1) is 0 Å². The Bertz CT molecular complexity index is 459. The summed E-state index contributed by atoms with van der Waals surface area (Å²) in [5.74, 6) is 0.668. The summed E-state index contributed by atoms with van der Waals surface area (Å²) in [6.07, 6.45) is 1.02. The number of phenols is 1. The summed E-state index contributed by atoms with van der Waals surface area (Å²) in [5, 5.41) is 12.7. The number of guanidine groups is 1. The fourth-order valence-corrected chi connectivity index (χ4v) is 2.21. The Balaban J connectivity index is 1.63. The van der Waals surface area contributed by atoms with Gasteiger partial charge in [0.1, 0.15) is 5.75 Å². The van der Waals surface area contributed by atoms with E-state index >= 15 is 0 Å². The van der Waals surface area contributed by atoms with Crippen molar-refractivity contribution in [2.75, 3.05) is 39.4 Å². The van der Waals surface area contributed by atoms with E-state index in [9.17, 15) is 5.11 Å². The van der Waals surface area contributed by atoms with Crippen LogP contribution in [0.25, 0.3) is 0 Å². The number of aromatic hydroxyl groups is 1. The highest BCUT2D eigenvalue weighted by Gasteiger charge is 2.08. The van der Waals surface area contributed by atoms with Gasteiger partial charge in [-0.3, -0.25) is 4.90 Å². The number of phenolic OH excluding ortho intramolecular Hbond substituents is 1. The van der Waals surface area contributed by atoms with Crippen LogP contribution in [0.2, 0.25) is 0 Å². The number of hydrogen-bond donors (Lipinski definition) is 3. The first-order valence-electron chi connectivity index (χ1n) is 7.36. The fourth-order valence-electron chi connectivity index (χ4n) is 2.21. The molecule has 1 aliphatic rings. The Morgan fingerprint density at radius 3 is 2.86 bits per heavy atom. The fraction of sp³-hybridized carbons (Fsp3) is 0.533. The molecule has 6 heteroatoms. The molecule has 4 N–H and O–H groups in total. The monoisotopic (exact) mass is 292 g/mol. The van der Waals surface area contributed by atoms with Crippen molar-refractivity contribution in [2.24, 2.45) is 10.7 Å². The summed E-state index contributed by atoms with van der Waals surface area (Å²) in [5.41, 5.74) is 6.59. The Labute approximate surface area is 125 Å². The molecule has 1 saturated heterocycles. The van der Waals surface area contributed by atoms with Crippen LogP contribution in [0.3, 0.4) is 0 Å². The average Bonchev–Trinajstić information content (AvgIpc) is 2.52. The molecule has 1 aliphatic heterocycles. The molecule has 1 aromatic rings.